The monoisotopic (exact) mass is 270 g/mol. The van der Waals surface area contributed by atoms with Crippen molar-refractivity contribution in [3.05, 3.63) is 21.8 Å². The SMILES string of the molecule is COc1c(Cl)ncn(C2CCC(C)C(C)C2)c1=O. The van der Waals surface area contributed by atoms with Crippen molar-refractivity contribution >= 4 is 11.6 Å². The molecule has 1 fully saturated rings. The molecule has 5 heteroatoms. The van der Waals surface area contributed by atoms with Crippen molar-refractivity contribution in [2.24, 2.45) is 11.8 Å². The van der Waals surface area contributed by atoms with Crippen LogP contribution in [0.2, 0.25) is 5.15 Å². The minimum Gasteiger partial charge on any atom is -0.489 e. The van der Waals surface area contributed by atoms with Crippen LogP contribution in [0.1, 0.15) is 39.2 Å². The van der Waals surface area contributed by atoms with Crippen LogP contribution >= 0.6 is 11.6 Å². The summed E-state index contributed by atoms with van der Waals surface area (Å²) in [5, 5.41) is 0.135. The van der Waals surface area contributed by atoms with Gasteiger partial charge in [-0.2, -0.15) is 0 Å². The first-order chi connectivity index (χ1) is 8.54. The molecule has 1 aliphatic rings. The molecule has 0 saturated heterocycles. The van der Waals surface area contributed by atoms with E-state index in [1.165, 1.54) is 7.11 Å². The van der Waals surface area contributed by atoms with Crippen LogP contribution in [-0.4, -0.2) is 16.7 Å². The molecule has 3 unspecified atom stereocenters. The normalized spacial score (nSPS) is 28.1. The Balaban J connectivity index is 2.32. The summed E-state index contributed by atoms with van der Waals surface area (Å²) in [5.74, 6) is 1.49. The second-order valence-corrected chi connectivity index (χ2v) is 5.56. The van der Waals surface area contributed by atoms with Gasteiger partial charge in [0.25, 0.3) is 5.56 Å². The summed E-state index contributed by atoms with van der Waals surface area (Å²) >= 11 is 5.84. The standard InChI is InChI=1S/C13H19ClN2O2/c1-8-4-5-10(6-9(8)2)16-7-15-12(14)11(18-3)13(16)17/h7-10H,4-6H2,1-3H3. The minimum atomic E-state index is -0.177. The number of methoxy groups -OCH3 is 1. The number of hydrogen-bond donors (Lipinski definition) is 0. The summed E-state index contributed by atoms with van der Waals surface area (Å²) in [6.45, 7) is 4.51. The van der Waals surface area contributed by atoms with Gasteiger partial charge >= 0.3 is 0 Å². The lowest BCUT2D eigenvalue weighted by atomic mass is 9.79. The van der Waals surface area contributed by atoms with E-state index >= 15 is 0 Å². The molecule has 0 bridgehead atoms. The van der Waals surface area contributed by atoms with Crippen molar-refractivity contribution in [2.45, 2.75) is 39.2 Å². The number of nitrogens with zero attached hydrogens (tertiary/aromatic N) is 2. The largest absolute Gasteiger partial charge is 0.489 e. The Labute approximate surface area is 112 Å². The van der Waals surface area contributed by atoms with E-state index < -0.39 is 0 Å². The van der Waals surface area contributed by atoms with Gasteiger partial charge in [-0.1, -0.05) is 25.4 Å². The lowest BCUT2D eigenvalue weighted by Gasteiger charge is -2.32. The van der Waals surface area contributed by atoms with Crippen molar-refractivity contribution in [1.82, 2.24) is 9.55 Å². The average Bonchev–Trinajstić information content (AvgIpc) is 2.34. The summed E-state index contributed by atoms with van der Waals surface area (Å²) in [5.41, 5.74) is -0.177. The summed E-state index contributed by atoms with van der Waals surface area (Å²) < 4.78 is 6.70. The summed E-state index contributed by atoms with van der Waals surface area (Å²) in [7, 11) is 1.44. The molecule has 100 valence electrons. The van der Waals surface area contributed by atoms with E-state index in [2.05, 4.69) is 18.8 Å². The Kier molecular flexibility index (Phi) is 3.95. The molecule has 0 N–H and O–H groups in total. The lowest BCUT2D eigenvalue weighted by Crippen LogP contribution is -2.31. The van der Waals surface area contributed by atoms with Crippen LogP contribution in [0, 0.1) is 11.8 Å². The maximum absolute atomic E-state index is 12.2. The van der Waals surface area contributed by atoms with Gasteiger partial charge in [-0.25, -0.2) is 4.98 Å². The maximum atomic E-state index is 12.2. The lowest BCUT2D eigenvalue weighted by molar-refractivity contribution is 0.205. The highest BCUT2D eigenvalue weighted by Gasteiger charge is 2.27. The molecule has 0 spiro atoms. The van der Waals surface area contributed by atoms with E-state index in [-0.39, 0.29) is 22.5 Å². The third-order valence-electron chi connectivity index (χ3n) is 4.08. The highest BCUT2D eigenvalue weighted by atomic mass is 35.5. The Morgan fingerprint density at radius 3 is 2.72 bits per heavy atom. The van der Waals surface area contributed by atoms with Crippen LogP contribution in [0.4, 0.5) is 0 Å². The summed E-state index contributed by atoms with van der Waals surface area (Å²) in [4.78, 5) is 16.3. The molecular formula is C13H19ClN2O2. The minimum absolute atomic E-state index is 0.135. The Morgan fingerprint density at radius 2 is 2.11 bits per heavy atom. The van der Waals surface area contributed by atoms with Crippen LogP contribution in [0.5, 0.6) is 5.75 Å². The Morgan fingerprint density at radius 1 is 1.39 bits per heavy atom. The van der Waals surface area contributed by atoms with Gasteiger partial charge in [0.2, 0.25) is 5.75 Å². The molecule has 2 rings (SSSR count). The third-order valence-corrected chi connectivity index (χ3v) is 4.35. The van der Waals surface area contributed by atoms with E-state index in [1.54, 1.807) is 10.9 Å². The van der Waals surface area contributed by atoms with Crippen molar-refractivity contribution in [3.63, 3.8) is 0 Å². The average molecular weight is 271 g/mol. The fourth-order valence-corrected chi connectivity index (χ4v) is 2.83. The van der Waals surface area contributed by atoms with E-state index in [4.69, 9.17) is 16.3 Å². The summed E-state index contributed by atoms with van der Waals surface area (Å²) in [6, 6.07) is 0.211. The third kappa shape index (κ3) is 2.39. The number of aromatic nitrogens is 2. The molecule has 0 aliphatic heterocycles. The molecule has 1 saturated carbocycles. The molecule has 0 amide bonds. The first-order valence-corrected chi connectivity index (χ1v) is 6.73. The van der Waals surface area contributed by atoms with Crippen LogP contribution in [0.3, 0.4) is 0 Å². The topological polar surface area (TPSA) is 44.1 Å². The van der Waals surface area contributed by atoms with Crippen molar-refractivity contribution < 1.29 is 4.74 Å². The molecule has 1 heterocycles. The summed E-state index contributed by atoms with van der Waals surface area (Å²) in [6.07, 6.45) is 4.70. The number of halogens is 1. The molecular weight excluding hydrogens is 252 g/mol. The van der Waals surface area contributed by atoms with Gasteiger partial charge in [0.15, 0.2) is 5.15 Å². The molecule has 18 heavy (non-hydrogen) atoms. The number of hydrogen-bond acceptors (Lipinski definition) is 3. The molecule has 3 atom stereocenters. The molecule has 0 aromatic carbocycles. The van der Waals surface area contributed by atoms with Gasteiger partial charge in [-0.05, 0) is 31.1 Å². The molecule has 1 aromatic rings. The molecule has 1 aromatic heterocycles. The first kappa shape index (κ1) is 13.4. The molecule has 4 nitrogen and oxygen atoms in total. The zero-order chi connectivity index (χ0) is 13.3. The van der Waals surface area contributed by atoms with Crippen molar-refractivity contribution in [3.8, 4) is 5.75 Å². The number of ether oxygens (including phenoxy) is 1. The van der Waals surface area contributed by atoms with Gasteiger partial charge in [0.1, 0.15) is 0 Å². The zero-order valence-electron chi connectivity index (χ0n) is 11.0. The van der Waals surface area contributed by atoms with E-state index in [1.807, 2.05) is 0 Å². The number of rotatable bonds is 2. The first-order valence-electron chi connectivity index (χ1n) is 6.35. The van der Waals surface area contributed by atoms with E-state index in [9.17, 15) is 4.79 Å². The maximum Gasteiger partial charge on any atom is 0.297 e. The van der Waals surface area contributed by atoms with Gasteiger partial charge in [-0.15, -0.1) is 0 Å². The van der Waals surface area contributed by atoms with Gasteiger partial charge in [-0.3, -0.25) is 9.36 Å². The fraction of sp³-hybridized carbons (Fsp3) is 0.692. The smallest absolute Gasteiger partial charge is 0.297 e. The van der Waals surface area contributed by atoms with Crippen LogP contribution < -0.4 is 10.3 Å². The molecule has 1 aliphatic carbocycles. The Hall–Kier alpha value is -1.03. The van der Waals surface area contributed by atoms with E-state index in [0.717, 1.165) is 25.2 Å². The van der Waals surface area contributed by atoms with Gasteiger partial charge < -0.3 is 4.74 Å². The fourth-order valence-electron chi connectivity index (χ4n) is 2.63. The highest BCUT2D eigenvalue weighted by Crippen LogP contribution is 2.35. The second-order valence-electron chi connectivity index (χ2n) is 5.20. The predicted molar refractivity (Wildman–Crippen MR) is 71.3 cm³/mol. The predicted octanol–water partition coefficient (Wildman–Crippen LogP) is 2.90. The Bertz CT molecular complexity index is 486. The van der Waals surface area contributed by atoms with E-state index in [0.29, 0.717) is 5.92 Å². The van der Waals surface area contributed by atoms with Crippen LogP contribution in [-0.2, 0) is 0 Å². The van der Waals surface area contributed by atoms with Crippen molar-refractivity contribution in [2.75, 3.05) is 7.11 Å². The quantitative estimate of drug-likeness (QED) is 0.776. The molecule has 0 radical (unpaired) electrons. The van der Waals surface area contributed by atoms with Crippen LogP contribution in [0.25, 0.3) is 0 Å². The van der Waals surface area contributed by atoms with Gasteiger partial charge in [0, 0.05) is 6.04 Å². The van der Waals surface area contributed by atoms with Crippen molar-refractivity contribution in [1.29, 1.82) is 0 Å². The van der Waals surface area contributed by atoms with Gasteiger partial charge in [0.05, 0.1) is 13.4 Å². The highest BCUT2D eigenvalue weighted by molar-refractivity contribution is 6.30. The van der Waals surface area contributed by atoms with Crippen LogP contribution in [0.15, 0.2) is 11.1 Å². The zero-order valence-corrected chi connectivity index (χ0v) is 11.8. The second kappa shape index (κ2) is 5.31.